The number of ether oxygens (including phenoxy) is 1. The zero-order chi connectivity index (χ0) is 17.0. The molecule has 0 spiro atoms. The minimum absolute atomic E-state index is 0.0920. The Morgan fingerprint density at radius 3 is 2.83 bits per heavy atom. The Hall–Kier alpha value is -1.76. The molecule has 1 aromatic heterocycles. The van der Waals surface area contributed by atoms with E-state index in [2.05, 4.69) is 20.6 Å². The molecule has 1 aliphatic heterocycles. The number of carbonyl (C=O) groups is 1. The third-order valence-electron chi connectivity index (χ3n) is 3.46. The number of likely N-dealkylation sites (tertiary alicyclic amines) is 1. The second kappa shape index (κ2) is 7.21. The summed E-state index contributed by atoms with van der Waals surface area (Å²) in [7, 11) is 1.77. The summed E-state index contributed by atoms with van der Waals surface area (Å²) in [6.45, 7) is 6.88. The number of nitrogens with one attached hydrogen (secondary N) is 2. The predicted molar refractivity (Wildman–Crippen MR) is 91.0 cm³/mol. The molecule has 7 nitrogen and oxygen atoms in total. The van der Waals surface area contributed by atoms with Crippen LogP contribution >= 0.6 is 11.6 Å². The summed E-state index contributed by atoms with van der Waals surface area (Å²) in [5, 5.41) is 6.70. The predicted octanol–water partition coefficient (Wildman–Crippen LogP) is 2.98. The Kier molecular flexibility index (Phi) is 5.51. The summed E-state index contributed by atoms with van der Waals surface area (Å²) in [5.74, 6) is 0.642. The number of carbonyl (C=O) groups excluding carboxylic acids is 1. The number of hydrogen-bond acceptors (Lipinski definition) is 6. The number of hydrogen-bond donors (Lipinski definition) is 2. The second-order valence-electron chi connectivity index (χ2n) is 6.55. The molecule has 1 amide bonds. The molecule has 1 atom stereocenters. The standard InChI is InChI=1S/C15H24ClN5O2/c1-15(2,3)23-14(22)21-7-5-6-10(8-21)20-13-11(17-4)12(16)18-9-19-13/h9-10,17H,5-8H2,1-4H3,(H,18,19,20). The fraction of sp³-hybridized carbons (Fsp3) is 0.667. The summed E-state index contributed by atoms with van der Waals surface area (Å²) < 4.78 is 5.44. The van der Waals surface area contributed by atoms with E-state index in [-0.39, 0.29) is 12.1 Å². The molecule has 8 heteroatoms. The first-order valence-corrected chi connectivity index (χ1v) is 8.10. The van der Waals surface area contributed by atoms with Gasteiger partial charge in [-0.3, -0.25) is 0 Å². The maximum atomic E-state index is 12.2. The van der Waals surface area contributed by atoms with Crippen molar-refractivity contribution in [3.8, 4) is 0 Å². The Morgan fingerprint density at radius 2 is 2.17 bits per heavy atom. The summed E-state index contributed by atoms with van der Waals surface area (Å²) in [5.41, 5.74) is 0.167. The van der Waals surface area contributed by atoms with Crippen molar-refractivity contribution in [2.45, 2.75) is 45.3 Å². The molecular formula is C15H24ClN5O2. The van der Waals surface area contributed by atoms with E-state index < -0.39 is 5.60 Å². The van der Waals surface area contributed by atoms with E-state index in [0.29, 0.717) is 29.7 Å². The molecule has 1 aromatic rings. The maximum Gasteiger partial charge on any atom is 0.410 e. The lowest BCUT2D eigenvalue weighted by Gasteiger charge is -2.34. The van der Waals surface area contributed by atoms with Gasteiger partial charge in [0.2, 0.25) is 0 Å². The van der Waals surface area contributed by atoms with E-state index >= 15 is 0 Å². The first kappa shape index (κ1) is 17.6. The van der Waals surface area contributed by atoms with Crippen LogP contribution in [-0.2, 0) is 4.74 Å². The zero-order valence-electron chi connectivity index (χ0n) is 14.0. The monoisotopic (exact) mass is 341 g/mol. The van der Waals surface area contributed by atoms with Gasteiger partial charge in [-0.25, -0.2) is 14.8 Å². The van der Waals surface area contributed by atoms with Crippen LogP contribution < -0.4 is 10.6 Å². The van der Waals surface area contributed by atoms with Crippen molar-refractivity contribution >= 4 is 29.2 Å². The van der Waals surface area contributed by atoms with Crippen molar-refractivity contribution in [2.75, 3.05) is 30.8 Å². The molecule has 23 heavy (non-hydrogen) atoms. The van der Waals surface area contributed by atoms with Crippen LogP contribution in [0.5, 0.6) is 0 Å². The van der Waals surface area contributed by atoms with Crippen LogP contribution in [0.4, 0.5) is 16.3 Å². The molecule has 0 saturated carbocycles. The van der Waals surface area contributed by atoms with Crippen LogP contribution in [0, 0.1) is 0 Å². The first-order valence-electron chi connectivity index (χ1n) is 7.73. The van der Waals surface area contributed by atoms with Crippen molar-refractivity contribution in [1.29, 1.82) is 0 Å². The lowest BCUT2D eigenvalue weighted by Crippen LogP contribution is -2.47. The van der Waals surface area contributed by atoms with Gasteiger partial charge in [0.05, 0.1) is 0 Å². The fourth-order valence-electron chi connectivity index (χ4n) is 2.48. The van der Waals surface area contributed by atoms with Crippen LogP contribution in [0.1, 0.15) is 33.6 Å². The quantitative estimate of drug-likeness (QED) is 0.823. The lowest BCUT2D eigenvalue weighted by atomic mass is 10.1. The minimum Gasteiger partial charge on any atom is -0.444 e. The van der Waals surface area contributed by atoms with E-state index in [1.54, 1.807) is 11.9 Å². The number of piperidine rings is 1. The molecule has 0 bridgehead atoms. The zero-order valence-corrected chi connectivity index (χ0v) is 14.8. The highest BCUT2D eigenvalue weighted by Gasteiger charge is 2.28. The van der Waals surface area contributed by atoms with Gasteiger partial charge in [-0.15, -0.1) is 0 Å². The van der Waals surface area contributed by atoms with Crippen molar-refractivity contribution < 1.29 is 9.53 Å². The van der Waals surface area contributed by atoms with Crippen LogP contribution in [0.3, 0.4) is 0 Å². The van der Waals surface area contributed by atoms with Gasteiger partial charge in [0, 0.05) is 26.2 Å². The van der Waals surface area contributed by atoms with Crippen molar-refractivity contribution in [3.63, 3.8) is 0 Å². The normalized spacial score (nSPS) is 18.5. The molecule has 2 N–H and O–H groups in total. The van der Waals surface area contributed by atoms with Crippen LogP contribution in [0.2, 0.25) is 5.15 Å². The lowest BCUT2D eigenvalue weighted by molar-refractivity contribution is 0.0206. The maximum absolute atomic E-state index is 12.2. The van der Waals surface area contributed by atoms with E-state index in [1.165, 1.54) is 6.33 Å². The Labute approximate surface area is 141 Å². The van der Waals surface area contributed by atoms with Crippen molar-refractivity contribution in [1.82, 2.24) is 14.9 Å². The molecule has 2 rings (SSSR count). The first-order chi connectivity index (χ1) is 10.8. The topological polar surface area (TPSA) is 79.4 Å². The number of aromatic nitrogens is 2. The number of amides is 1. The number of anilines is 2. The van der Waals surface area contributed by atoms with Gasteiger partial charge in [0.1, 0.15) is 17.6 Å². The average Bonchev–Trinajstić information content (AvgIpc) is 2.46. The molecule has 1 aliphatic rings. The Morgan fingerprint density at radius 1 is 1.43 bits per heavy atom. The molecule has 0 aliphatic carbocycles. The third-order valence-corrected chi connectivity index (χ3v) is 3.75. The second-order valence-corrected chi connectivity index (χ2v) is 6.91. The summed E-state index contributed by atoms with van der Waals surface area (Å²) >= 11 is 6.06. The SMILES string of the molecule is CNc1c(Cl)ncnc1NC1CCCN(C(=O)OC(C)(C)C)C1. The molecule has 1 fully saturated rings. The Bertz CT molecular complexity index is 561. The van der Waals surface area contributed by atoms with E-state index in [9.17, 15) is 4.79 Å². The number of halogens is 1. The molecule has 2 heterocycles. The number of nitrogens with zero attached hydrogens (tertiary/aromatic N) is 3. The number of rotatable bonds is 3. The van der Waals surface area contributed by atoms with Crippen LogP contribution in [0.25, 0.3) is 0 Å². The van der Waals surface area contributed by atoms with Gasteiger partial charge in [-0.2, -0.15) is 0 Å². The molecule has 128 valence electrons. The van der Waals surface area contributed by atoms with Gasteiger partial charge in [-0.05, 0) is 33.6 Å². The van der Waals surface area contributed by atoms with E-state index in [4.69, 9.17) is 16.3 Å². The van der Waals surface area contributed by atoms with Crippen molar-refractivity contribution in [2.24, 2.45) is 0 Å². The largest absolute Gasteiger partial charge is 0.444 e. The summed E-state index contributed by atoms with van der Waals surface area (Å²) in [4.78, 5) is 22.1. The molecule has 1 unspecified atom stereocenters. The summed E-state index contributed by atoms with van der Waals surface area (Å²) in [6.07, 6.45) is 2.99. The molecule has 1 saturated heterocycles. The average molecular weight is 342 g/mol. The van der Waals surface area contributed by atoms with Crippen LogP contribution in [0.15, 0.2) is 6.33 Å². The highest BCUT2D eigenvalue weighted by atomic mass is 35.5. The molecule has 0 radical (unpaired) electrons. The van der Waals surface area contributed by atoms with Gasteiger partial charge < -0.3 is 20.3 Å². The summed E-state index contributed by atoms with van der Waals surface area (Å²) in [6, 6.07) is 0.0920. The highest BCUT2D eigenvalue weighted by molar-refractivity contribution is 6.32. The van der Waals surface area contributed by atoms with Gasteiger partial charge >= 0.3 is 6.09 Å². The van der Waals surface area contributed by atoms with E-state index in [1.807, 2.05) is 20.8 Å². The minimum atomic E-state index is -0.489. The van der Waals surface area contributed by atoms with Gasteiger partial charge in [-0.1, -0.05) is 11.6 Å². The Balaban J connectivity index is 2.02. The van der Waals surface area contributed by atoms with E-state index in [0.717, 1.165) is 12.8 Å². The van der Waals surface area contributed by atoms with Crippen LogP contribution in [-0.4, -0.2) is 52.7 Å². The smallest absolute Gasteiger partial charge is 0.410 e. The molecule has 0 aromatic carbocycles. The third kappa shape index (κ3) is 4.86. The van der Waals surface area contributed by atoms with Gasteiger partial charge in [0.25, 0.3) is 0 Å². The molecular weight excluding hydrogens is 318 g/mol. The highest BCUT2D eigenvalue weighted by Crippen LogP contribution is 2.27. The van der Waals surface area contributed by atoms with Crippen molar-refractivity contribution in [3.05, 3.63) is 11.5 Å². The fourth-order valence-corrected chi connectivity index (χ4v) is 2.70. The van der Waals surface area contributed by atoms with Gasteiger partial charge in [0.15, 0.2) is 11.0 Å².